The number of nitrogens with one attached hydrogen (secondary N) is 1. The molecular formula is C29H33BrClN3O5S. The predicted octanol–water partition coefficient (Wildman–Crippen LogP) is 5.64. The number of hydrogen-bond acceptors (Lipinski definition) is 5. The van der Waals surface area contributed by atoms with Crippen molar-refractivity contribution in [2.75, 3.05) is 18.0 Å². The second-order valence-corrected chi connectivity index (χ2v) is 12.5. The highest BCUT2D eigenvalue weighted by Gasteiger charge is 2.33. The van der Waals surface area contributed by atoms with Crippen LogP contribution in [0, 0.1) is 0 Å². The van der Waals surface area contributed by atoms with Crippen molar-refractivity contribution in [2.45, 2.75) is 50.7 Å². The minimum atomic E-state index is -4.21. The first kappa shape index (κ1) is 31.4. The van der Waals surface area contributed by atoms with Crippen LogP contribution in [0.2, 0.25) is 5.02 Å². The summed E-state index contributed by atoms with van der Waals surface area (Å²) in [5.41, 5.74) is 0.994. The fourth-order valence-corrected chi connectivity index (χ4v) is 5.95. The molecule has 3 aromatic carbocycles. The molecule has 0 bridgehead atoms. The van der Waals surface area contributed by atoms with E-state index in [1.54, 1.807) is 25.1 Å². The van der Waals surface area contributed by atoms with Gasteiger partial charge >= 0.3 is 0 Å². The van der Waals surface area contributed by atoms with E-state index in [0.717, 1.165) is 20.8 Å². The van der Waals surface area contributed by atoms with Crippen molar-refractivity contribution in [3.05, 3.63) is 87.9 Å². The Morgan fingerprint density at radius 1 is 1.02 bits per heavy atom. The van der Waals surface area contributed by atoms with Crippen LogP contribution >= 0.6 is 27.5 Å². The summed E-state index contributed by atoms with van der Waals surface area (Å²) in [6.07, 6.45) is 0.723. The van der Waals surface area contributed by atoms with Gasteiger partial charge in [0.1, 0.15) is 18.3 Å². The monoisotopic (exact) mass is 649 g/mol. The van der Waals surface area contributed by atoms with Gasteiger partial charge in [-0.15, -0.1) is 0 Å². The second-order valence-electron chi connectivity index (χ2n) is 9.31. The molecule has 2 amide bonds. The Balaban J connectivity index is 2.03. The maximum Gasteiger partial charge on any atom is 0.264 e. The van der Waals surface area contributed by atoms with Crippen LogP contribution in [0.5, 0.6) is 5.75 Å². The molecule has 0 aliphatic carbocycles. The molecule has 0 aromatic heterocycles. The van der Waals surface area contributed by atoms with E-state index in [4.69, 9.17) is 16.3 Å². The molecule has 1 N–H and O–H groups in total. The number of ether oxygens (including phenoxy) is 1. The molecule has 0 saturated heterocycles. The lowest BCUT2D eigenvalue weighted by molar-refractivity contribution is -0.139. The number of hydrogen-bond donors (Lipinski definition) is 1. The minimum Gasteiger partial charge on any atom is -0.497 e. The Hall–Kier alpha value is -3.08. The SMILES string of the molecule is CC[C@H](C)NC(=O)[C@@H](C)N(Cc1cccc(Br)c1)C(=O)CN(c1cccc(Cl)c1)S(=O)(=O)c1ccc(OC)cc1. The van der Waals surface area contributed by atoms with Crippen LogP contribution in [0.25, 0.3) is 0 Å². The van der Waals surface area contributed by atoms with Crippen molar-refractivity contribution in [1.82, 2.24) is 10.2 Å². The molecule has 0 heterocycles. The number of anilines is 1. The molecule has 0 saturated carbocycles. The third-order valence-corrected chi connectivity index (χ3v) is 8.95. The Morgan fingerprint density at radius 2 is 1.70 bits per heavy atom. The topological polar surface area (TPSA) is 96.0 Å². The quantitative estimate of drug-likeness (QED) is 0.274. The molecule has 0 aliphatic rings. The molecule has 8 nitrogen and oxygen atoms in total. The van der Waals surface area contributed by atoms with Gasteiger partial charge in [0, 0.05) is 22.1 Å². The Morgan fingerprint density at radius 3 is 2.30 bits per heavy atom. The summed E-state index contributed by atoms with van der Waals surface area (Å²) in [7, 11) is -2.72. The van der Waals surface area contributed by atoms with Gasteiger partial charge in [0.2, 0.25) is 11.8 Å². The third-order valence-electron chi connectivity index (χ3n) is 6.43. The van der Waals surface area contributed by atoms with Gasteiger partial charge in [-0.25, -0.2) is 8.42 Å². The van der Waals surface area contributed by atoms with Gasteiger partial charge in [-0.2, -0.15) is 0 Å². The van der Waals surface area contributed by atoms with E-state index in [1.807, 2.05) is 38.1 Å². The fraction of sp³-hybridized carbons (Fsp3) is 0.310. The van der Waals surface area contributed by atoms with Crippen LogP contribution in [0.1, 0.15) is 32.8 Å². The highest BCUT2D eigenvalue weighted by atomic mass is 79.9. The van der Waals surface area contributed by atoms with Crippen molar-refractivity contribution in [1.29, 1.82) is 0 Å². The van der Waals surface area contributed by atoms with Crippen molar-refractivity contribution in [3.63, 3.8) is 0 Å². The van der Waals surface area contributed by atoms with E-state index in [2.05, 4.69) is 21.2 Å². The Bertz CT molecular complexity index is 1440. The van der Waals surface area contributed by atoms with Crippen LogP contribution in [-0.4, -0.2) is 50.9 Å². The zero-order valence-electron chi connectivity index (χ0n) is 22.8. The van der Waals surface area contributed by atoms with E-state index in [9.17, 15) is 18.0 Å². The van der Waals surface area contributed by atoms with Gasteiger partial charge < -0.3 is 15.0 Å². The average Bonchev–Trinajstić information content (AvgIpc) is 2.93. The minimum absolute atomic E-state index is 0.0258. The zero-order valence-corrected chi connectivity index (χ0v) is 26.0. The molecule has 11 heteroatoms. The second kappa shape index (κ2) is 14.0. The first-order chi connectivity index (χ1) is 19.0. The van der Waals surface area contributed by atoms with Crippen LogP contribution in [-0.2, 0) is 26.2 Å². The third kappa shape index (κ3) is 7.99. The summed E-state index contributed by atoms with van der Waals surface area (Å²) in [5.74, 6) is -0.389. The van der Waals surface area contributed by atoms with Crippen molar-refractivity contribution < 1.29 is 22.7 Å². The van der Waals surface area contributed by atoms with E-state index in [0.29, 0.717) is 10.8 Å². The molecule has 0 spiro atoms. The normalized spacial score (nSPS) is 12.8. The number of halogens is 2. The zero-order chi connectivity index (χ0) is 29.4. The molecule has 3 aromatic rings. The number of carbonyl (C=O) groups is 2. The number of methoxy groups -OCH3 is 1. The van der Waals surface area contributed by atoms with E-state index < -0.39 is 28.5 Å². The number of benzene rings is 3. The molecule has 0 aliphatic heterocycles. The molecule has 214 valence electrons. The summed E-state index contributed by atoms with van der Waals surface area (Å²) in [5, 5.41) is 3.23. The summed E-state index contributed by atoms with van der Waals surface area (Å²) < 4.78 is 34.7. The van der Waals surface area contributed by atoms with Gasteiger partial charge in [0.25, 0.3) is 10.0 Å². The van der Waals surface area contributed by atoms with Gasteiger partial charge in [-0.1, -0.05) is 52.7 Å². The highest BCUT2D eigenvalue weighted by molar-refractivity contribution is 9.10. The highest BCUT2D eigenvalue weighted by Crippen LogP contribution is 2.28. The fourth-order valence-electron chi connectivity index (χ4n) is 3.92. The van der Waals surface area contributed by atoms with Gasteiger partial charge in [0.05, 0.1) is 17.7 Å². The van der Waals surface area contributed by atoms with E-state index >= 15 is 0 Å². The molecule has 2 atom stereocenters. The maximum atomic E-state index is 14.0. The molecule has 0 unspecified atom stereocenters. The number of carbonyl (C=O) groups excluding carboxylic acids is 2. The van der Waals surface area contributed by atoms with E-state index in [-0.39, 0.29) is 29.1 Å². The summed E-state index contributed by atoms with van der Waals surface area (Å²) in [4.78, 5) is 28.4. The van der Waals surface area contributed by atoms with E-state index in [1.165, 1.54) is 42.3 Å². The van der Waals surface area contributed by atoms with Crippen molar-refractivity contribution in [2.24, 2.45) is 0 Å². The lowest BCUT2D eigenvalue weighted by Crippen LogP contribution is -2.52. The summed E-state index contributed by atoms with van der Waals surface area (Å²) in [6, 6.07) is 18.6. The van der Waals surface area contributed by atoms with Crippen LogP contribution in [0.3, 0.4) is 0 Å². The Labute approximate surface area is 249 Å². The number of amides is 2. The van der Waals surface area contributed by atoms with Crippen LogP contribution in [0.15, 0.2) is 82.2 Å². The summed E-state index contributed by atoms with van der Waals surface area (Å²) in [6.45, 7) is 5.01. The van der Waals surface area contributed by atoms with Crippen LogP contribution < -0.4 is 14.4 Å². The van der Waals surface area contributed by atoms with Gasteiger partial charge in [-0.05, 0) is 80.4 Å². The van der Waals surface area contributed by atoms with Crippen LogP contribution in [0.4, 0.5) is 5.69 Å². The average molecular weight is 651 g/mol. The molecular weight excluding hydrogens is 618 g/mol. The lowest BCUT2D eigenvalue weighted by atomic mass is 10.1. The maximum absolute atomic E-state index is 14.0. The number of sulfonamides is 1. The lowest BCUT2D eigenvalue weighted by Gasteiger charge is -2.32. The first-order valence-electron chi connectivity index (χ1n) is 12.7. The molecule has 0 radical (unpaired) electrons. The molecule has 40 heavy (non-hydrogen) atoms. The van der Waals surface area contributed by atoms with Gasteiger partial charge in [-0.3, -0.25) is 13.9 Å². The smallest absolute Gasteiger partial charge is 0.264 e. The van der Waals surface area contributed by atoms with Gasteiger partial charge in [0.15, 0.2) is 0 Å². The standard InChI is InChI=1S/C29H33BrClN3O5S/c1-5-20(2)32-29(36)21(3)33(18-22-8-6-9-23(30)16-22)28(35)19-34(25-11-7-10-24(31)17-25)40(37,38)27-14-12-26(39-4)13-15-27/h6-17,20-21H,5,18-19H2,1-4H3,(H,32,36)/t20-,21+/m0/s1. The largest absolute Gasteiger partial charge is 0.497 e. The number of nitrogens with zero attached hydrogens (tertiary/aromatic N) is 2. The predicted molar refractivity (Wildman–Crippen MR) is 161 cm³/mol. The molecule has 0 fully saturated rings. The van der Waals surface area contributed by atoms with Crippen molar-refractivity contribution >= 4 is 55.1 Å². The number of rotatable bonds is 12. The Kier molecular flexibility index (Phi) is 11.0. The molecule has 3 rings (SSSR count). The summed E-state index contributed by atoms with van der Waals surface area (Å²) >= 11 is 9.65. The van der Waals surface area contributed by atoms with Crippen molar-refractivity contribution in [3.8, 4) is 5.75 Å². The first-order valence-corrected chi connectivity index (χ1v) is 15.3.